The van der Waals surface area contributed by atoms with Crippen molar-refractivity contribution in [1.29, 1.82) is 0 Å². The Morgan fingerprint density at radius 2 is 0.982 bits per heavy atom. The number of morpholine rings is 2. The van der Waals surface area contributed by atoms with Gasteiger partial charge in [0.15, 0.2) is 0 Å². The van der Waals surface area contributed by atoms with Crippen LogP contribution in [0.1, 0.15) is 39.3 Å². The summed E-state index contributed by atoms with van der Waals surface area (Å²) < 4.78 is 61.2. The quantitative estimate of drug-likeness (QED) is 0.146. The van der Waals surface area contributed by atoms with Crippen molar-refractivity contribution in [2.75, 3.05) is 39.4 Å². The number of sulfone groups is 2. The lowest BCUT2D eigenvalue weighted by atomic mass is 10.1. The molecular formula is C46H46N2O7S2. The highest BCUT2D eigenvalue weighted by Gasteiger charge is 2.23. The third kappa shape index (κ3) is 11.4. The molecule has 2 fully saturated rings. The molecule has 0 saturated carbocycles. The number of benzene rings is 6. The molecule has 2 atom stereocenters. The summed E-state index contributed by atoms with van der Waals surface area (Å²) in [5.74, 6) is 0. The second-order valence-electron chi connectivity index (χ2n) is 13.4. The summed E-state index contributed by atoms with van der Waals surface area (Å²) in [7, 11) is -6.95. The van der Waals surface area contributed by atoms with E-state index in [9.17, 15) is 21.6 Å². The standard InChI is InChI=1S/C23H23NO3S.C13H10O3S.C10H13NO/c25-28(26,21-9-5-2-6-10-21)22-13-11-19(12-14-22)17-24-15-16-27-23(18-24)20-7-3-1-4-8-20;14-10-11-6-8-13(9-7-11)17(15,16)12-4-2-1-3-5-12;1-2-4-9(5-3-1)10-8-11-6-7-12-10/h1-14,23H,15-18H2;1-10H;1-5,10-11H,6-8H2/t23-;;10-/m1.1/s1. The Morgan fingerprint density at radius 1 is 0.544 bits per heavy atom. The average Bonchev–Trinajstić information content (AvgIpc) is 3.29. The zero-order valence-electron chi connectivity index (χ0n) is 31.5. The van der Waals surface area contributed by atoms with E-state index in [0.717, 1.165) is 44.9 Å². The van der Waals surface area contributed by atoms with E-state index in [1.54, 1.807) is 66.7 Å². The van der Waals surface area contributed by atoms with Gasteiger partial charge >= 0.3 is 0 Å². The molecule has 8 rings (SSSR count). The number of carbonyl (C=O) groups is 1. The van der Waals surface area contributed by atoms with E-state index in [2.05, 4.69) is 34.5 Å². The second-order valence-corrected chi connectivity index (χ2v) is 17.3. The normalized spacial score (nSPS) is 17.2. The van der Waals surface area contributed by atoms with Crippen LogP contribution in [-0.2, 0) is 35.7 Å². The van der Waals surface area contributed by atoms with E-state index >= 15 is 0 Å². The first kappa shape index (κ1) is 41.4. The molecule has 6 aromatic carbocycles. The molecular weight excluding hydrogens is 757 g/mol. The number of carbonyl (C=O) groups excluding carboxylic acids is 1. The summed E-state index contributed by atoms with van der Waals surface area (Å²) in [6.07, 6.45) is 1.01. The van der Waals surface area contributed by atoms with Crippen LogP contribution >= 0.6 is 0 Å². The molecule has 294 valence electrons. The summed E-state index contributed by atoms with van der Waals surface area (Å²) in [4.78, 5) is 13.9. The van der Waals surface area contributed by atoms with E-state index in [4.69, 9.17) is 9.47 Å². The predicted molar refractivity (Wildman–Crippen MR) is 220 cm³/mol. The fourth-order valence-corrected chi connectivity index (χ4v) is 8.96. The minimum absolute atomic E-state index is 0.0766. The SMILES string of the molecule is O=Cc1ccc(S(=O)(=O)c2ccccc2)cc1.O=S(=O)(c1ccccc1)c1ccc(CN2CCO[C@@H](c3ccccc3)C2)cc1.c1ccc([C@H]2CNCCO2)cc1. The summed E-state index contributed by atoms with van der Waals surface area (Å²) >= 11 is 0. The smallest absolute Gasteiger partial charge is 0.206 e. The Morgan fingerprint density at radius 3 is 1.46 bits per heavy atom. The van der Waals surface area contributed by atoms with E-state index in [0.29, 0.717) is 28.2 Å². The minimum Gasteiger partial charge on any atom is -0.371 e. The molecule has 9 nitrogen and oxygen atoms in total. The monoisotopic (exact) mass is 802 g/mol. The van der Waals surface area contributed by atoms with Crippen LogP contribution in [0.15, 0.2) is 189 Å². The van der Waals surface area contributed by atoms with Gasteiger partial charge in [0.1, 0.15) is 6.29 Å². The lowest BCUT2D eigenvalue weighted by Crippen LogP contribution is -2.37. The Hall–Kier alpha value is -5.27. The van der Waals surface area contributed by atoms with Gasteiger partial charge in [-0.2, -0.15) is 0 Å². The molecule has 2 aliphatic rings. The fraction of sp³-hybridized carbons (Fsp3) is 0.196. The van der Waals surface area contributed by atoms with Crippen LogP contribution in [0.4, 0.5) is 0 Å². The number of rotatable bonds is 9. The van der Waals surface area contributed by atoms with E-state index in [1.165, 1.54) is 35.4 Å². The number of nitrogens with one attached hydrogen (secondary N) is 1. The van der Waals surface area contributed by atoms with Crippen LogP contribution in [0.25, 0.3) is 0 Å². The Kier molecular flexibility index (Phi) is 14.7. The van der Waals surface area contributed by atoms with Gasteiger partial charge in [0.25, 0.3) is 0 Å². The first-order valence-corrected chi connectivity index (χ1v) is 21.7. The molecule has 0 aliphatic carbocycles. The van der Waals surface area contributed by atoms with Crippen LogP contribution in [0.2, 0.25) is 0 Å². The van der Waals surface area contributed by atoms with Gasteiger partial charge in [-0.1, -0.05) is 121 Å². The van der Waals surface area contributed by atoms with Crippen molar-refractivity contribution in [3.63, 3.8) is 0 Å². The highest BCUT2D eigenvalue weighted by molar-refractivity contribution is 7.91. The van der Waals surface area contributed by atoms with Crippen LogP contribution in [0.3, 0.4) is 0 Å². The van der Waals surface area contributed by atoms with Gasteiger partial charge in [-0.25, -0.2) is 16.8 Å². The molecule has 0 unspecified atom stereocenters. The average molecular weight is 803 g/mol. The predicted octanol–water partition coefficient (Wildman–Crippen LogP) is 7.77. The number of aldehydes is 1. The molecule has 0 bridgehead atoms. The Bertz CT molecular complexity index is 2340. The summed E-state index contributed by atoms with van der Waals surface area (Å²) in [6, 6.07) is 50.4. The third-order valence-electron chi connectivity index (χ3n) is 9.49. The van der Waals surface area contributed by atoms with Crippen molar-refractivity contribution in [2.24, 2.45) is 0 Å². The Balaban J connectivity index is 0.000000160. The highest BCUT2D eigenvalue weighted by atomic mass is 32.2. The van der Waals surface area contributed by atoms with Gasteiger partial charge in [-0.3, -0.25) is 9.69 Å². The molecule has 2 aliphatic heterocycles. The third-order valence-corrected chi connectivity index (χ3v) is 13.1. The molecule has 6 aromatic rings. The summed E-state index contributed by atoms with van der Waals surface area (Å²) in [5.41, 5.74) is 4.01. The molecule has 11 heteroatoms. The maximum atomic E-state index is 12.7. The molecule has 0 spiro atoms. The van der Waals surface area contributed by atoms with Crippen LogP contribution in [-0.4, -0.2) is 67.4 Å². The summed E-state index contributed by atoms with van der Waals surface area (Å²) in [5, 5.41) is 3.31. The second kappa shape index (κ2) is 20.2. The van der Waals surface area contributed by atoms with Gasteiger partial charge in [0, 0.05) is 38.3 Å². The van der Waals surface area contributed by atoms with Crippen molar-refractivity contribution >= 4 is 26.0 Å². The van der Waals surface area contributed by atoms with E-state index in [-0.39, 0.29) is 22.0 Å². The van der Waals surface area contributed by atoms with Crippen molar-refractivity contribution in [3.05, 3.63) is 192 Å². The van der Waals surface area contributed by atoms with Crippen molar-refractivity contribution in [3.8, 4) is 0 Å². The number of ether oxygens (including phenoxy) is 2. The lowest BCUT2D eigenvalue weighted by molar-refractivity contribution is -0.0329. The fourth-order valence-electron chi connectivity index (χ4n) is 6.39. The molecule has 57 heavy (non-hydrogen) atoms. The minimum atomic E-state index is -3.48. The zero-order valence-corrected chi connectivity index (χ0v) is 33.1. The molecule has 2 heterocycles. The number of hydrogen-bond acceptors (Lipinski definition) is 9. The van der Waals surface area contributed by atoms with Gasteiger partial charge in [0.2, 0.25) is 19.7 Å². The maximum absolute atomic E-state index is 12.7. The first-order valence-electron chi connectivity index (χ1n) is 18.7. The van der Waals surface area contributed by atoms with Gasteiger partial charge in [-0.15, -0.1) is 0 Å². The van der Waals surface area contributed by atoms with E-state index < -0.39 is 19.7 Å². The van der Waals surface area contributed by atoms with Crippen LogP contribution in [0, 0.1) is 0 Å². The van der Waals surface area contributed by atoms with Crippen molar-refractivity contribution in [1.82, 2.24) is 10.2 Å². The topological polar surface area (TPSA) is 119 Å². The van der Waals surface area contributed by atoms with Gasteiger partial charge < -0.3 is 14.8 Å². The molecule has 1 N–H and O–H groups in total. The van der Waals surface area contributed by atoms with Gasteiger partial charge in [-0.05, 0) is 65.2 Å². The number of hydrogen-bond donors (Lipinski definition) is 1. The first-order chi connectivity index (χ1) is 27.7. The largest absolute Gasteiger partial charge is 0.371 e. The van der Waals surface area contributed by atoms with Gasteiger partial charge in [0.05, 0.1) is 45.0 Å². The molecule has 0 radical (unpaired) electrons. The van der Waals surface area contributed by atoms with Crippen molar-refractivity contribution in [2.45, 2.75) is 38.3 Å². The highest BCUT2D eigenvalue weighted by Crippen LogP contribution is 2.25. The van der Waals surface area contributed by atoms with Crippen LogP contribution in [0.5, 0.6) is 0 Å². The lowest BCUT2D eigenvalue weighted by Gasteiger charge is -2.33. The number of nitrogens with zero attached hydrogens (tertiary/aromatic N) is 1. The van der Waals surface area contributed by atoms with Crippen molar-refractivity contribution < 1.29 is 31.1 Å². The van der Waals surface area contributed by atoms with E-state index in [1.807, 2.05) is 54.6 Å². The van der Waals surface area contributed by atoms with Crippen LogP contribution < -0.4 is 5.32 Å². The maximum Gasteiger partial charge on any atom is 0.206 e. The Labute approximate surface area is 335 Å². The molecule has 2 saturated heterocycles. The summed E-state index contributed by atoms with van der Waals surface area (Å²) in [6.45, 7) is 5.90. The molecule has 0 aromatic heterocycles. The zero-order chi connectivity index (χ0) is 39.9. The molecule has 0 amide bonds.